The summed E-state index contributed by atoms with van der Waals surface area (Å²) in [5.41, 5.74) is 5.11. The Morgan fingerprint density at radius 2 is 1.71 bits per heavy atom. The topological polar surface area (TPSA) is 109 Å². The van der Waals surface area contributed by atoms with Crippen molar-refractivity contribution in [3.05, 3.63) is 94.5 Å². The summed E-state index contributed by atoms with van der Waals surface area (Å²) in [5.74, 6) is -0.554. The average Bonchev–Trinajstić information content (AvgIpc) is 3.28. The lowest BCUT2D eigenvalue weighted by atomic mass is 10.1. The van der Waals surface area contributed by atoms with Crippen LogP contribution in [0.25, 0.3) is 17.1 Å². The summed E-state index contributed by atoms with van der Waals surface area (Å²) >= 11 is 4.69. The number of halogens is 1. The number of amides is 1. The highest BCUT2D eigenvalue weighted by atomic mass is 79.9. The minimum atomic E-state index is -1.000. The van der Waals surface area contributed by atoms with Gasteiger partial charge in [-0.15, -0.1) is 10.2 Å². The molecule has 0 aliphatic heterocycles. The molecule has 0 atom stereocenters. The van der Waals surface area contributed by atoms with Crippen molar-refractivity contribution in [3.8, 4) is 17.1 Å². The van der Waals surface area contributed by atoms with E-state index in [1.165, 1.54) is 30.1 Å². The van der Waals surface area contributed by atoms with Gasteiger partial charge in [-0.25, -0.2) is 10.2 Å². The van der Waals surface area contributed by atoms with E-state index in [1.54, 1.807) is 12.1 Å². The SMILES string of the molecule is O=C(CSc1nnc(-c2ccc(Br)cc2)n1-c1ccccc1)N/N=C\c1ccc(C(=O)O)cc1. The number of para-hydroxylation sites is 1. The summed E-state index contributed by atoms with van der Waals surface area (Å²) in [5, 5.41) is 22.1. The fourth-order valence-electron chi connectivity index (χ4n) is 3.01. The quantitative estimate of drug-likeness (QED) is 0.193. The van der Waals surface area contributed by atoms with Gasteiger partial charge in [0.1, 0.15) is 0 Å². The summed E-state index contributed by atoms with van der Waals surface area (Å²) in [4.78, 5) is 23.2. The average molecular weight is 536 g/mol. The van der Waals surface area contributed by atoms with Crippen LogP contribution in [0.5, 0.6) is 0 Å². The number of aromatic nitrogens is 3. The first-order chi connectivity index (χ1) is 16.5. The zero-order valence-electron chi connectivity index (χ0n) is 17.6. The van der Waals surface area contributed by atoms with Gasteiger partial charge in [-0.05, 0) is 42.0 Å². The summed E-state index contributed by atoms with van der Waals surface area (Å²) in [7, 11) is 0. The van der Waals surface area contributed by atoms with Gasteiger partial charge in [-0.3, -0.25) is 9.36 Å². The minimum absolute atomic E-state index is 0.0839. The van der Waals surface area contributed by atoms with Crippen LogP contribution in [0.3, 0.4) is 0 Å². The summed E-state index contributed by atoms with van der Waals surface area (Å²) in [6.45, 7) is 0. The number of hydrogen-bond donors (Lipinski definition) is 2. The molecule has 0 aliphatic rings. The van der Waals surface area contributed by atoms with Crippen LogP contribution in [-0.4, -0.2) is 43.7 Å². The number of nitrogens with zero attached hydrogens (tertiary/aromatic N) is 4. The third-order valence-corrected chi connectivity index (χ3v) is 6.10. The minimum Gasteiger partial charge on any atom is -0.478 e. The Labute approximate surface area is 207 Å². The standard InChI is InChI=1S/C24H18BrN5O3S/c25-19-12-10-17(11-13-19)22-28-29-24(30(22)20-4-2-1-3-5-20)34-15-21(31)27-26-14-16-6-8-18(9-7-16)23(32)33/h1-14H,15H2,(H,27,31)(H,32,33)/b26-14-. The van der Waals surface area contributed by atoms with Gasteiger partial charge in [0.15, 0.2) is 11.0 Å². The molecule has 0 saturated carbocycles. The van der Waals surface area contributed by atoms with Crippen molar-refractivity contribution in [2.45, 2.75) is 5.16 Å². The van der Waals surface area contributed by atoms with Crippen LogP contribution in [0.4, 0.5) is 0 Å². The molecule has 0 radical (unpaired) electrons. The van der Waals surface area contributed by atoms with E-state index in [2.05, 4.69) is 36.7 Å². The number of hydrogen-bond acceptors (Lipinski definition) is 6. The van der Waals surface area contributed by atoms with Gasteiger partial charge in [0.25, 0.3) is 5.91 Å². The molecule has 34 heavy (non-hydrogen) atoms. The van der Waals surface area contributed by atoms with E-state index in [0.29, 0.717) is 16.5 Å². The van der Waals surface area contributed by atoms with Crippen LogP contribution < -0.4 is 5.43 Å². The van der Waals surface area contributed by atoms with Crippen molar-refractivity contribution < 1.29 is 14.7 Å². The first kappa shape index (κ1) is 23.4. The number of thioether (sulfide) groups is 1. The first-order valence-electron chi connectivity index (χ1n) is 10.1. The number of rotatable bonds is 8. The van der Waals surface area contributed by atoms with Gasteiger partial charge in [-0.1, -0.05) is 70.2 Å². The molecule has 170 valence electrons. The van der Waals surface area contributed by atoms with Gasteiger partial charge in [0, 0.05) is 15.7 Å². The molecule has 1 amide bonds. The van der Waals surface area contributed by atoms with Crippen molar-refractivity contribution in [1.82, 2.24) is 20.2 Å². The molecule has 10 heteroatoms. The number of nitrogens with one attached hydrogen (secondary N) is 1. The molecule has 0 fully saturated rings. The van der Waals surface area contributed by atoms with E-state index in [4.69, 9.17) is 5.11 Å². The van der Waals surface area contributed by atoms with Crippen molar-refractivity contribution in [2.75, 3.05) is 5.75 Å². The molecule has 8 nitrogen and oxygen atoms in total. The highest BCUT2D eigenvalue weighted by Gasteiger charge is 2.17. The van der Waals surface area contributed by atoms with Crippen molar-refractivity contribution in [1.29, 1.82) is 0 Å². The van der Waals surface area contributed by atoms with Crippen molar-refractivity contribution >= 4 is 45.8 Å². The van der Waals surface area contributed by atoms with E-state index in [0.717, 1.165) is 15.7 Å². The Morgan fingerprint density at radius 1 is 1.00 bits per heavy atom. The third kappa shape index (κ3) is 5.77. The molecule has 1 aromatic heterocycles. The highest BCUT2D eigenvalue weighted by molar-refractivity contribution is 9.10. The number of carboxylic acid groups (broad SMARTS) is 1. The molecule has 0 unspecified atom stereocenters. The molecule has 0 bridgehead atoms. The Balaban J connectivity index is 1.45. The van der Waals surface area contributed by atoms with E-state index in [9.17, 15) is 9.59 Å². The molecule has 3 aromatic carbocycles. The van der Waals surface area contributed by atoms with Crippen molar-refractivity contribution in [3.63, 3.8) is 0 Å². The number of carbonyl (C=O) groups excluding carboxylic acids is 1. The van der Waals surface area contributed by atoms with Crippen LogP contribution in [0, 0.1) is 0 Å². The maximum absolute atomic E-state index is 12.3. The van der Waals surface area contributed by atoms with Gasteiger partial charge >= 0.3 is 5.97 Å². The molecule has 4 aromatic rings. The van der Waals surface area contributed by atoms with E-state index >= 15 is 0 Å². The summed E-state index contributed by atoms with van der Waals surface area (Å²) in [6, 6.07) is 23.6. The lowest BCUT2D eigenvalue weighted by Crippen LogP contribution is -2.20. The van der Waals surface area contributed by atoms with Crippen molar-refractivity contribution in [2.24, 2.45) is 5.10 Å². The first-order valence-corrected chi connectivity index (χ1v) is 11.8. The van der Waals surface area contributed by atoms with Gasteiger partial charge in [-0.2, -0.15) is 5.10 Å². The number of carbonyl (C=O) groups is 2. The zero-order valence-corrected chi connectivity index (χ0v) is 20.0. The molecular formula is C24H18BrN5O3S. The Morgan fingerprint density at radius 3 is 2.38 bits per heavy atom. The van der Waals surface area contributed by atoms with Crippen LogP contribution in [0.1, 0.15) is 15.9 Å². The molecule has 0 saturated heterocycles. The second-order valence-electron chi connectivity index (χ2n) is 6.99. The maximum Gasteiger partial charge on any atom is 0.335 e. The molecular weight excluding hydrogens is 518 g/mol. The maximum atomic E-state index is 12.3. The number of hydrazone groups is 1. The molecule has 0 spiro atoms. The lowest BCUT2D eigenvalue weighted by molar-refractivity contribution is -0.118. The van der Waals surface area contributed by atoms with Gasteiger partial charge in [0.2, 0.25) is 0 Å². The fourth-order valence-corrected chi connectivity index (χ4v) is 4.02. The molecule has 1 heterocycles. The second-order valence-corrected chi connectivity index (χ2v) is 8.85. The highest BCUT2D eigenvalue weighted by Crippen LogP contribution is 2.28. The molecule has 0 aliphatic carbocycles. The van der Waals surface area contributed by atoms with E-state index in [-0.39, 0.29) is 17.2 Å². The van der Waals surface area contributed by atoms with Crippen LogP contribution in [-0.2, 0) is 4.79 Å². The monoisotopic (exact) mass is 535 g/mol. The van der Waals surface area contributed by atoms with E-state index in [1.807, 2.05) is 59.2 Å². The predicted molar refractivity (Wildman–Crippen MR) is 134 cm³/mol. The fraction of sp³-hybridized carbons (Fsp3) is 0.0417. The number of aromatic carboxylic acids is 1. The largest absolute Gasteiger partial charge is 0.478 e. The van der Waals surface area contributed by atoms with Crippen LogP contribution >= 0.6 is 27.7 Å². The Bertz CT molecular complexity index is 1320. The summed E-state index contributed by atoms with van der Waals surface area (Å²) < 4.78 is 2.88. The third-order valence-electron chi connectivity index (χ3n) is 4.64. The molecule has 4 rings (SSSR count). The predicted octanol–water partition coefficient (Wildman–Crippen LogP) is 4.64. The van der Waals surface area contributed by atoms with Crippen LogP contribution in [0.2, 0.25) is 0 Å². The van der Waals surface area contributed by atoms with Gasteiger partial charge in [0.05, 0.1) is 17.5 Å². The van der Waals surface area contributed by atoms with Gasteiger partial charge < -0.3 is 5.11 Å². The summed E-state index contributed by atoms with van der Waals surface area (Å²) in [6.07, 6.45) is 1.45. The van der Waals surface area contributed by atoms with E-state index < -0.39 is 5.97 Å². The number of benzene rings is 3. The second kappa shape index (κ2) is 10.9. The number of carboxylic acids is 1. The Kier molecular flexibility index (Phi) is 7.51. The van der Waals surface area contributed by atoms with Crippen LogP contribution in [0.15, 0.2) is 93.6 Å². The lowest BCUT2D eigenvalue weighted by Gasteiger charge is -2.10. The normalized spacial score (nSPS) is 11.0. The zero-order chi connectivity index (χ0) is 23.9. The smallest absolute Gasteiger partial charge is 0.335 e. The Hall–Kier alpha value is -3.76. The molecule has 2 N–H and O–H groups in total.